The lowest BCUT2D eigenvalue weighted by molar-refractivity contribution is 0.660. The van der Waals surface area contributed by atoms with E-state index in [-0.39, 0.29) is 5.41 Å². The van der Waals surface area contributed by atoms with Gasteiger partial charge in [-0.2, -0.15) is 0 Å². The van der Waals surface area contributed by atoms with Crippen LogP contribution in [-0.2, 0) is 10.8 Å². The Labute approximate surface area is 444 Å². The van der Waals surface area contributed by atoms with Crippen molar-refractivity contribution in [3.05, 3.63) is 312 Å². The zero-order valence-corrected chi connectivity index (χ0v) is 42.3. The lowest BCUT2D eigenvalue weighted by Gasteiger charge is -2.34. The molecule has 0 saturated heterocycles. The maximum absolute atomic E-state index is 3.46. The molecule has 13 aromatic rings. The second-order valence-corrected chi connectivity index (χ2v) is 21.1. The number of para-hydroxylation sites is 1. The number of benzene rings is 11. The number of nitrogens with zero attached hydrogens (tertiary/aromatic N) is 2. The molecule has 2 heteroatoms. The van der Waals surface area contributed by atoms with Crippen LogP contribution in [0.1, 0.15) is 47.2 Å². The maximum Gasteiger partial charge on any atom is 0.0713 e. The van der Waals surface area contributed by atoms with E-state index in [2.05, 4.69) is 296 Å². The first-order valence-electron chi connectivity index (χ1n) is 26.4. The van der Waals surface area contributed by atoms with Crippen molar-refractivity contribution in [3.8, 4) is 50.2 Å². The highest BCUT2D eigenvalue weighted by atomic mass is 15.1. The van der Waals surface area contributed by atoms with Crippen LogP contribution in [0.4, 0.5) is 17.1 Å². The third-order valence-electron chi connectivity index (χ3n) is 16.7. The molecule has 0 spiro atoms. The van der Waals surface area contributed by atoms with Gasteiger partial charge in [0.15, 0.2) is 0 Å². The second-order valence-electron chi connectivity index (χ2n) is 21.1. The molecule has 12 aromatic carbocycles. The third-order valence-corrected chi connectivity index (χ3v) is 16.7. The Hall–Kier alpha value is -9.68. The fourth-order valence-electron chi connectivity index (χ4n) is 13.1. The molecule has 0 unspecified atom stereocenters. The quantitative estimate of drug-likeness (QED) is 0.147. The van der Waals surface area contributed by atoms with Gasteiger partial charge in [-0.15, -0.1) is 0 Å². The van der Waals surface area contributed by atoms with Gasteiger partial charge in [0.1, 0.15) is 0 Å². The topological polar surface area (TPSA) is 8.17 Å². The average molecular weight is 967 g/mol. The van der Waals surface area contributed by atoms with E-state index >= 15 is 0 Å². The molecule has 0 N–H and O–H groups in total. The summed E-state index contributed by atoms with van der Waals surface area (Å²) in [7, 11) is 0. The van der Waals surface area contributed by atoms with Crippen LogP contribution in [0, 0.1) is 12.1 Å². The molecule has 0 bridgehead atoms. The highest BCUT2D eigenvalue weighted by Gasteiger charge is 2.46. The maximum atomic E-state index is 3.46. The van der Waals surface area contributed by atoms with Gasteiger partial charge in [0.05, 0.1) is 21.8 Å². The Morgan fingerprint density at radius 3 is 1.70 bits per heavy atom. The van der Waals surface area contributed by atoms with Gasteiger partial charge in [-0.05, 0) is 174 Å². The molecule has 0 radical (unpaired) electrons. The highest BCUT2D eigenvalue weighted by molar-refractivity contribution is 6.10. The number of hydrogen-bond donors (Lipinski definition) is 0. The summed E-state index contributed by atoms with van der Waals surface area (Å²) in [6, 6.07) is 106. The minimum Gasteiger partial charge on any atom is -0.310 e. The molecule has 356 valence electrons. The normalized spacial score (nSPS) is 13.5. The Kier molecular flexibility index (Phi) is 9.77. The van der Waals surface area contributed by atoms with E-state index in [1.807, 2.05) is 6.07 Å². The fourth-order valence-corrected chi connectivity index (χ4v) is 13.1. The molecule has 1 heterocycles. The molecule has 15 rings (SSSR count). The van der Waals surface area contributed by atoms with Crippen molar-refractivity contribution in [1.29, 1.82) is 0 Å². The van der Waals surface area contributed by atoms with Crippen LogP contribution in [0.2, 0.25) is 0 Å². The van der Waals surface area contributed by atoms with Crippen LogP contribution in [0.5, 0.6) is 0 Å². The average Bonchev–Trinajstić information content (AvgIpc) is 4.17. The lowest BCUT2D eigenvalue weighted by atomic mass is 9.68. The molecule has 0 saturated carbocycles. The number of hydrogen-bond acceptors (Lipinski definition) is 1. The van der Waals surface area contributed by atoms with Gasteiger partial charge in [-0.3, -0.25) is 0 Å². The van der Waals surface area contributed by atoms with Gasteiger partial charge in [-0.25, -0.2) is 0 Å². The number of aromatic nitrogens is 1. The molecule has 0 aliphatic heterocycles. The minimum atomic E-state index is -0.487. The van der Waals surface area contributed by atoms with Gasteiger partial charge in [0.25, 0.3) is 0 Å². The van der Waals surface area contributed by atoms with Crippen LogP contribution >= 0.6 is 0 Å². The zero-order chi connectivity index (χ0) is 50.5. The minimum absolute atomic E-state index is 0.248. The molecule has 2 aliphatic rings. The summed E-state index contributed by atoms with van der Waals surface area (Å²) in [5.74, 6) is 0. The molecular weight excluding hydrogens is 917 g/mol. The fraction of sp³-hybridized carbons (Fsp3) is 0.0541. The van der Waals surface area contributed by atoms with E-state index in [0.29, 0.717) is 0 Å². The zero-order valence-electron chi connectivity index (χ0n) is 42.3. The first-order chi connectivity index (χ1) is 37.4. The summed E-state index contributed by atoms with van der Waals surface area (Å²) < 4.78 is 2.33. The van der Waals surface area contributed by atoms with Crippen molar-refractivity contribution < 1.29 is 0 Å². The van der Waals surface area contributed by atoms with Crippen molar-refractivity contribution in [3.63, 3.8) is 0 Å². The van der Waals surface area contributed by atoms with Crippen molar-refractivity contribution in [2.45, 2.75) is 24.7 Å². The standard InChI is InChI=1S/C74H50N2/c1-73(2)69-46-54(52-31-30-49-18-12-13-19-51(49)44-52)34-40-62(69)63-41-38-60(48-70(63)73)75(58-36-32-50(33-37-58)53-35-43-72-66(45-53)64-27-15-17-29-71(64)76(72)57-24-10-5-11-25-57)59-39-42-68-65(47-59)61-26-14-16-28-67(61)74(68,55-20-6-3-7-21-55)56-22-8-4-9-23-56/h3-14,16-26,28-48H,1-2H3. The summed E-state index contributed by atoms with van der Waals surface area (Å²) in [6.07, 6.45) is 0. The van der Waals surface area contributed by atoms with Gasteiger partial charge in [-0.1, -0.05) is 208 Å². The second kappa shape index (κ2) is 16.9. The van der Waals surface area contributed by atoms with Gasteiger partial charge in [0, 0.05) is 33.6 Å². The predicted molar refractivity (Wildman–Crippen MR) is 316 cm³/mol. The monoisotopic (exact) mass is 966 g/mol. The summed E-state index contributed by atoms with van der Waals surface area (Å²) in [4.78, 5) is 2.47. The first-order valence-corrected chi connectivity index (χ1v) is 26.4. The van der Waals surface area contributed by atoms with E-state index in [1.54, 1.807) is 0 Å². The van der Waals surface area contributed by atoms with E-state index in [4.69, 9.17) is 0 Å². The Bertz CT molecular complexity index is 4370. The third kappa shape index (κ3) is 6.56. The SMILES string of the molecule is CC1(C)c2cc(-c3ccc4ccccc4c3)ccc2-c2ccc(N(c3ccc(-c4ccc5c(c4)c4c#cccc4n5-c4ccccc4)cc3)c3ccc4c(c3)-c3ccccc3C4(c3ccccc3)c3ccccc3)cc21. The Morgan fingerprint density at radius 1 is 0.368 bits per heavy atom. The van der Waals surface area contributed by atoms with Gasteiger partial charge < -0.3 is 9.47 Å². The van der Waals surface area contributed by atoms with E-state index < -0.39 is 5.41 Å². The van der Waals surface area contributed by atoms with E-state index in [1.165, 1.54) is 77.5 Å². The summed E-state index contributed by atoms with van der Waals surface area (Å²) >= 11 is 0. The smallest absolute Gasteiger partial charge is 0.0713 e. The summed E-state index contributed by atoms with van der Waals surface area (Å²) in [5, 5.41) is 4.74. The number of rotatable bonds is 8. The molecule has 2 nitrogen and oxygen atoms in total. The molecular formula is C74H50N2. The van der Waals surface area contributed by atoms with Crippen LogP contribution in [-0.4, -0.2) is 4.57 Å². The molecule has 1 aromatic heterocycles. The largest absolute Gasteiger partial charge is 0.310 e. The molecule has 76 heavy (non-hydrogen) atoms. The van der Waals surface area contributed by atoms with Crippen LogP contribution < -0.4 is 4.90 Å². The lowest BCUT2D eigenvalue weighted by Crippen LogP contribution is -2.28. The first kappa shape index (κ1) is 43.9. The van der Waals surface area contributed by atoms with Gasteiger partial charge >= 0.3 is 0 Å². The molecule has 0 amide bonds. The van der Waals surface area contributed by atoms with Gasteiger partial charge in [0.2, 0.25) is 0 Å². The number of anilines is 3. The van der Waals surface area contributed by atoms with Crippen molar-refractivity contribution in [1.82, 2.24) is 4.57 Å². The van der Waals surface area contributed by atoms with Crippen molar-refractivity contribution in [2.75, 3.05) is 4.90 Å². The Balaban J connectivity index is 0.881. The Morgan fingerprint density at radius 2 is 0.921 bits per heavy atom. The van der Waals surface area contributed by atoms with Crippen LogP contribution in [0.3, 0.4) is 0 Å². The molecule has 2 aliphatic carbocycles. The van der Waals surface area contributed by atoms with Crippen molar-refractivity contribution >= 4 is 49.6 Å². The highest BCUT2D eigenvalue weighted by Crippen LogP contribution is 2.58. The van der Waals surface area contributed by atoms with Crippen LogP contribution in [0.15, 0.2) is 267 Å². The van der Waals surface area contributed by atoms with E-state index in [0.717, 1.165) is 55.7 Å². The predicted octanol–water partition coefficient (Wildman–Crippen LogP) is 19.0. The molecule has 0 atom stereocenters. The van der Waals surface area contributed by atoms with E-state index in [9.17, 15) is 0 Å². The summed E-state index contributed by atoms with van der Waals surface area (Å²) in [5.41, 5.74) is 23.6. The number of fused-ring (bicyclic) bond motifs is 10. The molecule has 0 fully saturated rings. The summed E-state index contributed by atoms with van der Waals surface area (Å²) in [6.45, 7) is 4.79. The van der Waals surface area contributed by atoms with Crippen LogP contribution in [0.25, 0.3) is 82.8 Å². The van der Waals surface area contributed by atoms with Crippen molar-refractivity contribution in [2.24, 2.45) is 0 Å².